The van der Waals surface area contributed by atoms with Crippen molar-refractivity contribution in [2.45, 2.75) is 0 Å². The second-order valence-electron chi connectivity index (χ2n) is 6.13. The van der Waals surface area contributed by atoms with Gasteiger partial charge in [-0.2, -0.15) is 0 Å². The van der Waals surface area contributed by atoms with Crippen molar-refractivity contribution in [1.82, 2.24) is 0 Å². The van der Waals surface area contributed by atoms with E-state index in [-0.39, 0.29) is 0 Å². The molecule has 6 heteroatoms. The van der Waals surface area contributed by atoms with Crippen LogP contribution in [0.15, 0.2) is 121 Å². The Morgan fingerprint density at radius 2 is 0.667 bits per heavy atom. The van der Waals surface area contributed by atoms with E-state index in [1.165, 1.54) is 0 Å². The molecule has 4 aromatic carbocycles. The van der Waals surface area contributed by atoms with Gasteiger partial charge in [0.25, 0.3) is 0 Å². The van der Waals surface area contributed by atoms with Gasteiger partial charge in [0.15, 0.2) is 0 Å². The van der Waals surface area contributed by atoms with Gasteiger partial charge in [-0.3, -0.25) is 0 Å². The standard InChI is InChI=1S/C24H20BFI2O2/c26-25(29-27(21-13-5-1-6-14-21)22-15-7-2-8-16-22)30-28(23-17-9-3-10-18-23)24-19-11-4-12-20-24/h1-20H. The zero-order valence-corrected chi connectivity index (χ0v) is 20.4. The van der Waals surface area contributed by atoms with Gasteiger partial charge in [-0.25, -0.2) is 0 Å². The summed E-state index contributed by atoms with van der Waals surface area (Å²) in [7, 11) is -1.78. The van der Waals surface area contributed by atoms with Crippen molar-refractivity contribution in [1.29, 1.82) is 0 Å². The molecule has 0 fully saturated rings. The van der Waals surface area contributed by atoms with Crippen LogP contribution in [0.1, 0.15) is 0 Å². The second-order valence-corrected chi connectivity index (χ2v) is 15.0. The minimum atomic E-state index is -2.45. The normalized spacial score (nSPS) is 11.6. The molecule has 30 heavy (non-hydrogen) atoms. The van der Waals surface area contributed by atoms with E-state index in [1.54, 1.807) is 0 Å². The van der Waals surface area contributed by atoms with E-state index in [0.29, 0.717) is 0 Å². The molecular formula is C24H20BFI2O2. The molecule has 0 spiro atoms. The Labute approximate surface area is 192 Å². The molecule has 0 atom stereocenters. The van der Waals surface area contributed by atoms with Crippen molar-refractivity contribution in [2.75, 3.05) is 0 Å². The third-order valence-corrected chi connectivity index (χ3v) is 13.3. The van der Waals surface area contributed by atoms with Gasteiger partial charge >= 0.3 is 194 Å². The molecule has 4 rings (SSSR count). The molecule has 0 aliphatic rings. The Hall–Kier alpha value is -1.75. The van der Waals surface area contributed by atoms with Crippen LogP contribution in [0, 0.1) is 14.3 Å². The molecule has 0 saturated heterocycles. The first kappa shape index (κ1) is 21.5. The molecule has 0 aliphatic carbocycles. The predicted octanol–water partition coefficient (Wildman–Crippen LogP) is 7.30. The van der Waals surface area contributed by atoms with Crippen LogP contribution in [0.3, 0.4) is 0 Å². The Balaban J connectivity index is 1.59. The Bertz CT molecular complexity index is 860. The molecule has 4 aromatic rings. The molecular weight excluding hydrogens is 604 g/mol. The molecule has 0 saturated carbocycles. The zero-order valence-electron chi connectivity index (χ0n) is 16.1. The van der Waals surface area contributed by atoms with Gasteiger partial charge in [0.1, 0.15) is 0 Å². The van der Waals surface area contributed by atoms with E-state index in [2.05, 4.69) is 0 Å². The summed E-state index contributed by atoms with van der Waals surface area (Å²) in [6.45, 7) is 0. The van der Waals surface area contributed by atoms with Crippen LogP contribution in [-0.2, 0) is 5.97 Å². The van der Waals surface area contributed by atoms with Gasteiger partial charge < -0.3 is 0 Å². The van der Waals surface area contributed by atoms with Crippen molar-refractivity contribution < 1.29 is 10.3 Å². The van der Waals surface area contributed by atoms with Gasteiger partial charge in [-0.05, 0) is 0 Å². The van der Waals surface area contributed by atoms with E-state index in [0.717, 1.165) is 14.3 Å². The van der Waals surface area contributed by atoms with E-state index in [1.807, 2.05) is 121 Å². The van der Waals surface area contributed by atoms with Crippen LogP contribution in [0.4, 0.5) is 4.32 Å². The summed E-state index contributed by atoms with van der Waals surface area (Å²) >= 11 is -4.89. The fraction of sp³-hybridized carbons (Fsp3) is 0. The molecule has 0 aliphatic heterocycles. The Kier molecular flexibility index (Phi) is 7.91. The summed E-state index contributed by atoms with van der Waals surface area (Å²) in [4.78, 5) is 0. The summed E-state index contributed by atoms with van der Waals surface area (Å²) in [5.41, 5.74) is 0. The number of rotatable bonds is 8. The van der Waals surface area contributed by atoms with Crippen LogP contribution in [-0.4, -0.2) is 7.40 Å². The Morgan fingerprint density at radius 3 is 0.900 bits per heavy atom. The van der Waals surface area contributed by atoms with Crippen LogP contribution in [0.5, 0.6) is 0 Å². The maximum atomic E-state index is 15.3. The molecule has 0 radical (unpaired) electrons. The molecule has 0 bridgehead atoms. The average Bonchev–Trinajstić information content (AvgIpc) is 2.83. The Morgan fingerprint density at radius 1 is 0.433 bits per heavy atom. The zero-order chi connectivity index (χ0) is 20.6. The fourth-order valence-electron chi connectivity index (χ4n) is 2.73. The molecule has 0 unspecified atom stereocenters. The molecule has 0 aromatic heterocycles. The summed E-state index contributed by atoms with van der Waals surface area (Å²) in [6.07, 6.45) is 0. The SMILES string of the molecule is FB(OI(c1ccccc1)c1ccccc1)OI(c1ccccc1)c1ccccc1. The van der Waals surface area contributed by atoms with Crippen molar-refractivity contribution in [3.05, 3.63) is 136 Å². The molecule has 0 amide bonds. The first-order valence-corrected chi connectivity index (χ1v) is 15.5. The molecule has 0 heterocycles. The molecule has 2 nitrogen and oxygen atoms in total. The summed E-state index contributed by atoms with van der Waals surface area (Å²) in [5.74, 6) is 0. The van der Waals surface area contributed by atoms with Gasteiger partial charge in [-0.15, -0.1) is 0 Å². The third kappa shape index (κ3) is 5.69. The van der Waals surface area contributed by atoms with Crippen molar-refractivity contribution >= 4 is 47.9 Å². The van der Waals surface area contributed by atoms with Gasteiger partial charge in [-0.1, -0.05) is 0 Å². The van der Waals surface area contributed by atoms with E-state index >= 15 is 4.32 Å². The average molecular weight is 624 g/mol. The number of benzene rings is 4. The van der Waals surface area contributed by atoms with Crippen LogP contribution in [0.2, 0.25) is 0 Å². The summed E-state index contributed by atoms with van der Waals surface area (Å²) < 4.78 is 31.4. The van der Waals surface area contributed by atoms with Crippen LogP contribution >= 0.6 is 40.5 Å². The van der Waals surface area contributed by atoms with Gasteiger partial charge in [0.05, 0.1) is 0 Å². The van der Waals surface area contributed by atoms with Crippen molar-refractivity contribution in [3.8, 4) is 0 Å². The van der Waals surface area contributed by atoms with Gasteiger partial charge in [0.2, 0.25) is 0 Å². The topological polar surface area (TPSA) is 18.5 Å². The van der Waals surface area contributed by atoms with E-state index in [4.69, 9.17) is 5.97 Å². The molecule has 152 valence electrons. The fourth-order valence-corrected chi connectivity index (χ4v) is 11.0. The third-order valence-electron chi connectivity index (χ3n) is 4.04. The van der Waals surface area contributed by atoms with Crippen LogP contribution < -0.4 is 0 Å². The van der Waals surface area contributed by atoms with E-state index < -0.39 is 47.9 Å². The minimum absolute atomic E-state index is 1.04. The van der Waals surface area contributed by atoms with Crippen LogP contribution in [0.25, 0.3) is 0 Å². The molecule has 0 N–H and O–H groups in total. The predicted molar refractivity (Wildman–Crippen MR) is 138 cm³/mol. The number of hydrogen-bond acceptors (Lipinski definition) is 2. The monoisotopic (exact) mass is 624 g/mol. The first-order valence-electron chi connectivity index (χ1n) is 9.40. The second kappa shape index (κ2) is 11.0. The quantitative estimate of drug-likeness (QED) is 0.152. The number of hydrogen-bond donors (Lipinski definition) is 0. The summed E-state index contributed by atoms with van der Waals surface area (Å²) in [5, 5.41) is 0. The maximum absolute atomic E-state index is 15.3. The van der Waals surface area contributed by atoms with Crippen molar-refractivity contribution in [3.63, 3.8) is 0 Å². The van der Waals surface area contributed by atoms with Gasteiger partial charge in [0, 0.05) is 0 Å². The first-order chi connectivity index (χ1) is 14.8. The number of halogens is 3. The summed E-state index contributed by atoms with van der Waals surface area (Å²) in [6, 6.07) is 39.6. The van der Waals surface area contributed by atoms with Crippen molar-refractivity contribution in [2.24, 2.45) is 0 Å². The van der Waals surface area contributed by atoms with E-state index in [9.17, 15) is 0 Å².